The summed E-state index contributed by atoms with van der Waals surface area (Å²) in [6, 6.07) is 6.56. The molecular formula is C12H9ClO3. The van der Waals surface area contributed by atoms with Crippen LogP contribution in [0.5, 0.6) is 0 Å². The van der Waals surface area contributed by atoms with Crippen molar-refractivity contribution in [2.45, 2.75) is 0 Å². The average molecular weight is 237 g/mol. The highest BCUT2D eigenvalue weighted by Gasteiger charge is 2.11. The van der Waals surface area contributed by atoms with Crippen molar-refractivity contribution in [3.63, 3.8) is 0 Å². The van der Waals surface area contributed by atoms with Gasteiger partial charge in [0.15, 0.2) is 0 Å². The molecule has 0 saturated heterocycles. The minimum Gasteiger partial charge on any atom is -0.461 e. The molecule has 16 heavy (non-hydrogen) atoms. The van der Waals surface area contributed by atoms with Crippen LogP contribution in [-0.4, -0.2) is 12.6 Å². The SMILES string of the molecule is O=C(OC1=CC=CCO1)c1cccc(Cl)c1. The number of ether oxygens (including phenoxy) is 2. The van der Waals surface area contributed by atoms with Crippen molar-refractivity contribution in [2.75, 3.05) is 6.61 Å². The van der Waals surface area contributed by atoms with E-state index in [4.69, 9.17) is 21.1 Å². The lowest BCUT2D eigenvalue weighted by Crippen LogP contribution is -2.08. The Balaban J connectivity index is 2.08. The smallest absolute Gasteiger partial charge is 0.345 e. The van der Waals surface area contributed by atoms with Gasteiger partial charge < -0.3 is 9.47 Å². The Hall–Kier alpha value is -1.74. The molecule has 0 radical (unpaired) electrons. The van der Waals surface area contributed by atoms with Gasteiger partial charge in [0.25, 0.3) is 5.95 Å². The predicted octanol–water partition coefficient (Wildman–Crippen LogP) is 2.92. The van der Waals surface area contributed by atoms with E-state index < -0.39 is 5.97 Å². The Morgan fingerprint density at radius 1 is 1.44 bits per heavy atom. The van der Waals surface area contributed by atoms with Gasteiger partial charge in [-0.3, -0.25) is 0 Å². The first kappa shape index (κ1) is 10.8. The van der Waals surface area contributed by atoms with Gasteiger partial charge in [-0.2, -0.15) is 0 Å². The highest BCUT2D eigenvalue weighted by atomic mass is 35.5. The van der Waals surface area contributed by atoms with Crippen molar-refractivity contribution >= 4 is 17.6 Å². The summed E-state index contributed by atoms with van der Waals surface area (Å²) in [7, 11) is 0. The fourth-order valence-corrected chi connectivity index (χ4v) is 1.40. The quantitative estimate of drug-likeness (QED) is 0.741. The highest BCUT2D eigenvalue weighted by Crippen LogP contribution is 2.14. The van der Waals surface area contributed by atoms with Crippen molar-refractivity contribution in [2.24, 2.45) is 0 Å². The molecule has 1 aromatic carbocycles. The van der Waals surface area contributed by atoms with Crippen molar-refractivity contribution < 1.29 is 14.3 Å². The lowest BCUT2D eigenvalue weighted by molar-refractivity contribution is 0.0300. The van der Waals surface area contributed by atoms with Crippen LogP contribution in [0.25, 0.3) is 0 Å². The Morgan fingerprint density at radius 2 is 2.31 bits per heavy atom. The number of carbonyl (C=O) groups is 1. The van der Waals surface area contributed by atoms with Crippen molar-refractivity contribution in [3.05, 3.63) is 59.0 Å². The number of carbonyl (C=O) groups excluding carboxylic acids is 1. The van der Waals surface area contributed by atoms with Crippen LogP contribution in [-0.2, 0) is 9.47 Å². The second kappa shape index (κ2) is 4.86. The van der Waals surface area contributed by atoms with Crippen LogP contribution in [0.2, 0.25) is 5.02 Å². The van der Waals surface area contributed by atoms with Crippen molar-refractivity contribution in [3.8, 4) is 0 Å². The highest BCUT2D eigenvalue weighted by molar-refractivity contribution is 6.30. The zero-order chi connectivity index (χ0) is 11.4. The molecule has 0 aliphatic carbocycles. The van der Waals surface area contributed by atoms with Gasteiger partial charge in [-0.05, 0) is 24.3 Å². The second-order valence-corrected chi connectivity index (χ2v) is 3.56. The number of halogens is 1. The maximum atomic E-state index is 11.6. The van der Waals surface area contributed by atoms with Crippen LogP contribution in [0.1, 0.15) is 10.4 Å². The van der Waals surface area contributed by atoms with E-state index in [0.717, 1.165) is 0 Å². The van der Waals surface area contributed by atoms with Gasteiger partial charge in [0, 0.05) is 11.1 Å². The van der Waals surface area contributed by atoms with Crippen LogP contribution < -0.4 is 0 Å². The fraction of sp³-hybridized carbons (Fsp3) is 0.0833. The number of hydrogen-bond donors (Lipinski definition) is 0. The van der Waals surface area contributed by atoms with Crippen LogP contribution in [0.15, 0.2) is 48.4 Å². The zero-order valence-electron chi connectivity index (χ0n) is 8.35. The maximum Gasteiger partial charge on any atom is 0.345 e. The molecule has 0 unspecified atom stereocenters. The number of rotatable bonds is 2. The van der Waals surface area contributed by atoms with E-state index in [-0.39, 0.29) is 5.95 Å². The maximum absolute atomic E-state index is 11.6. The average Bonchev–Trinajstić information content (AvgIpc) is 2.30. The Kier molecular flexibility index (Phi) is 3.27. The molecule has 0 aromatic heterocycles. The van der Waals surface area contributed by atoms with Crippen LogP contribution in [0.4, 0.5) is 0 Å². The lowest BCUT2D eigenvalue weighted by atomic mass is 10.2. The molecule has 0 amide bonds. The number of esters is 1. The second-order valence-electron chi connectivity index (χ2n) is 3.12. The van der Waals surface area contributed by atoms with E-state index >= 15 is 0 Å². The fourth-order valence-electron chi connectivity index (χ4n) is 1.21. The Bertz CT molecular complexity index is 463. The van der Waals surface area contributed by atoms with Crippen LogP contribution in [0, 0.1) is 0 Å². The molecule has 1 aromatic rings. The minimum atomic E-state index is -0.482. The van der Waals surface area contributed by atoms with E-state index in [9.17, 15) is 4.79 Å². The van der Waals surface area contributed by atoms with Crippen molar-refractivity contribution in [1.29, 1.82) is 0 Å². The molecule has 3 nitrogen and oxygen atoms in total. The van der Waals surface area contributed by atoms with E-state index in [1.54, 1.807) is 36.4 Å². The molecule has 1 heterocycles. The first-order valence-corrected chi connectivity index (χ1v) is 5.11. The first-order valence-electron chi connectivity index (χ1n) is 4.73. The normalized spacial score (nSPS) is 13.9. The van der Waals surface area contributed by atoms with Crippen LogP contribution in [0.3, 0.4) is 0 Å². The Morgan fingerprint density at radius 3 is 3.00 bits per heavy atom. The van der Waals surface area contributed by atoms with E-state index in [1.807, 2.05) is 6.08 Å². The van der Waals surface area contributed by atoms with Crippen molar-refractivity contribution in [1.82, 2.24) is 0 Å². The summed E-state index contributed by atoms with van der Waals surface area (Å²) in [5, 5.41) is 0.493. The molecule has 0 saturated carbocycles. The molecule has 82 valence electrons. The summed E-state index contributed by atoms with van der Waals surface area (Å²) in [5.74, 6) is -0.281. The van der Waals surface area contributed by atoms with E-state index in [0.29, 0.717) is 17.2 Å². The molecule has 1 aliphatic rings. The summed E-state index contributed by atoms with van der Waals surface area (Å²) in [4.78, 5) is 11.6. The molecule has 2 rings (SSSR count). The summed E-state index contributed by atoms with van der Waals surface area (Å²) in [5.41, 5.74) is 0.395. The molecule has 0 atom stereocenters. The third-order valence-electron chi connectivity index (χ3n) is 1.94. The summed E-state index contributed by atoms with van der Waals surface area (Å²) < 4.78 is 10.1. The summed E-state index contributed by atoms with van der Waals surface area (Å²) in [6.45, 7) is 0.411. The zero-order valence-corrected chi connectivity index (χ0v) is 9.11. The summed E-state index contributed by atoms with van der Waals surface area (Å²) in [6.07, 6.45) is 5.17. The van der Waals surface area contributed by atoms with Gasteiger partial charge >= 0.3 is 5.97 Å². The monoisotopic (exact) mass is 236 g/mol. The van der Waals surface area contributed by atoms with Gasteiger partial charge in [-0.1, -0.05) is 23.7 Å². The number of hydrogen-bond acceptors (Lipinski definition) is 3. The van der Waals surface area contributed by atoms with Gasteiger partial charge in [-0.25, -0.2) is 4.79 Å². The van der Waals surface area contributed by atoms with Gasteiger partial charge in [-0.15, -0.1) is 0 Å². The predicted molar refractivity (Wildman–Crippen MR) is 60.0 cm³/mol. The summed E-state index contributed by atoms with van der Waals surface area (Å²) >= 11 is 5.77. The van der Waals surface area contributed by atoms with Gasteiger partial charge in [0.2, 0.25) is 0 Å². The van der Waals surface area contributed by atoms with E-state index in [1.165, 1.54) is 0 Å². The Labute approximate surface area is 97.9 Å². The van der Waals surface area contributed by atoms with Gasteiger partial charge in [0.1, 0.15) is 6.61 Å². The molecule has 0 N–H and O–H groups in total. The largest absolute Gasteiger partial charge is 0.461 e. The molecule has 1 aliphatic heterocycles. The van der Waals surface area contributed by atoms with Crippen LogP contribution >= 0.6 is 11.6 Å². The standard InChI is InChI=1S/C12H9ClO3/c13-10-5-3-4-9(8-10)12(14)16-11-6-1-2-7-15-11/h1-6,8H,7H2. The molecule has 0 fully saturated rings. The number of benzene rings is 1. The van der Waals surface area contributed by atoms with E-state index in [2.05, 4.69) is 0 Å². The molecule has 0 spiro atoms. The molecule has 0 bridgehead atoms. The third-order valence-corrected chi connectivity index (χ3v) is 2.18. The number of allylic oxidation sites excluding steroid dienone is 2. The third kappa shape index (κ3) is 2.64. The minimum absolute atomic E-state index is 0.201. The van der Waals surface area contributed by atoms with Gasteiger partial charge in [0.05, 0.1) is 5.56 Å². The molecular weight excluding hydrogens is 228 g/mol. The topological polar surface area (TPSA) is 35.5 Å². The first-order chi connectivity index (χ1) is 7.75. The lowest BCUT2D eigenvalue weighted by Gasteiger charge is -2.10. The molecule has 4 heteroatoms.